The van der Waals surface area contributed by atoms with Crippen molar-refractivity contribution in [2.24, 2.45) is 5.92 Å². The quantitative estimate of drug-likeness (QED) is 0.775. The van der Waals surface area contributed by atoms with E-state index in [1.807, 2.05) is 20.8 Å². The van der Waals surface area contributed by atoms with Gasteiger partial charge in [-0.05, 0) is 46.5 Å². The molecular weight excluding hydrogens is 212 g/mol. The molecule has 0 aromatic carbocycles. The van der Waals surface area contributed by atoms with E-state index in [9.17, 15) is 4.79 Å². The standard InChI is InChI=1S/C14H28N2O/c1-10(2)15-14(17)12(4)16-11(3)13-8-6-5-7-9-13/h10-13,16H,5-9H2,1-4H3,(H,15,17)/t11-,12?/m0/s1. The monoisotopic (exact) mass is 240 g/mol. The van der Waals surface area contributed by atoms with Gasteiger partial charge in [-0.1, -0.05) is 19.3 Å². The first-order chi connectivity index (χ1) is 8.00. The first kappa shape index (κ1) is 14.5. The van der Waals surface area contributed by atoms with Crippen molar-refractivity contribution in [3.8, 4) is 0 Å². The Kier molecular flexibility index (Phi) is 5.96. The predicted molar refractivity (Wildman–Crippen MR) is 71.9 cm³/mol. The van der Waals surface area contributed by atoms with Gasteiger partial charge in [-0.25, -0.2) is 0 Å². The van der Waals surface area contributed by atoms with Crippen molar-refractivity contribution in [3.05, 3.63) is 0 Å². The van der Waals surface area contributed by atoms with E-state index in [-0.39, 0.29) is 18.0 Å². The average Bonchev–Trinajstić information content (AvgIpc) is 2.29. The highest BCUT2D eigenvalue weighted by atomic mass is 16.2. The molecule has 3 nitrogen and oxygen atoms in total. The highest BCUT2D eigenvalue weighted by molar-refractivity contribution is 5.81. The Morgan fingerprint density at radius 3 is 2.18 bits per heavy atom. The fourth-order valence-corrected chi connectivity index (χ4v) is 2.65. The Labute approximate surface area is 106 Å². The summed E-state index contributed by atoms with van der Waals surface area (Å²) in [6.45, 7) is 8.16. The van der Waals surface area contributed by atoms with Crippen LogP contribution in [0, 0.1) is 5.92 Å². The van der Waals surface area contributed by atoms with Gasteiger partial charge in [0.2, 0.25) is 5.91 Å². The van der Waals surface area contributed by atoms with Crippen LogP contribution in [0.3, 0.4) is 0 Å². The van der Waals surface area contributed by atoms with E-state index in [0.717, 1.165) is 5.92 Å². The summed E-state index contributed by atoms with van der Waals surface area (Å²) in [4.78, 5) is 11.8. The number of hydrogen-bond acceptors (Lipinski definition) is 2. The van der Waals surface area contributed by atoms with Crippen LogP contribution in [0.15, 0.2) is 0 Å². The fraction of sp³-hybridized carbons (Fsp3) is 0.929. The van der Waals surface area contributed by atoms with Gasteiger partial charge in [0.25, 0.3) is 0 Å². The molecule has 1 fully saturated rings. The summed E-state index contributed by atoms with van der Waals surface area (Å²) in [5.74, 6) is 0.862. The normalized spacial score (nSPS) is 21.2. The zero-order valence-electron chi connectivity index (χ0n) is 11.8. The third kappa shape index (κ3) is 5.07. The number of nitrogens with one attached hydrogen (secondary N) is 2. The van der Waals surface area contributed by atoms with E-state index >= 15 is 0 Å². The van der Waals surface area contributed by atoms with Gasteiger partial charge in [0.15, 0.2) is 0 Å². The Morgan fingerprint density at radius 1 is 1.06 bits per heavy atom. The predicted octanol–water partition coefficient (Wildman–Crippen LogP) is 2.46. The second kappa shape index (κ2) is 7.00. The van der Waals surface area contributed by atoms with Crippen LogP contribution in [0.1, 0.15) is 59.8 Å². The molecule has 0 aliphatic heterocycles. The summed E-state index contributed by atoms with van der Waals surface area (Å²) in [5, 5.41) is 6.39. The van der Waals surface area contributed by atoms with Crippen LogP contribution in [-0.2, 0) is 4.79 Å². The minimum absolute atomic E-state index is 0.0886. The van der Waals surface area contributed by atoms with Crippen molar-refractivity contribution >= 4 is 5.91 Å². The molecule has 0 bridgehead atoms. The second-order valence-corrected chi connectivity index (χ2v) is 5.74. The maximum absolute atomic E-state index is 11.8. The van der Waals surface area contributed by atoms with E-state index in [0.29, 0.717) is 6.04 Å². The second-order valence-electron chi connectivity index (χ2n) is 5.74. The van der Waals surface area contributed by atoms with Gasteiger partial charge < -0.3 is 10.6 Å². The summed E-state index contributed by atoms with van der Waals surface area (Å²) >= 11 is 0. The van der Waals surface area contributed by atoms with Gasteiger partial charge in [0.05, 0.1) is 6.04 Å². The number of rotatable bonds is 5. The maximum Gasteiger partial charge on any atom is 0.237 e. The maximum atomic E-state index is 11.8. The molecule has 1 amide bonds. The van der Waals surface area contributed by atoms with Crippen molar-refractivity contribution in [1.29, 1.82) is 0 Å². The van der Waals surface area contributed by atoms with Crippen LogP contribution in [0.5, 0.6) is 0 Å². The summed E-state index contributed by atoms with van der Waals surface area (Å²) in [6.07, 6.45) is 6.71. The number of amides is 1. The first-order valence-electron chi connectivity index (χ1n) is 7.07. The molecule has 1 unspecified atom stereocenters. The van der Waals surface area contributed by atoms with Crippen molar-refractivity contribution in [2.75, 3.05) is 0 Å². The van der Waals surface area contributed by atoms with Crippen molar-refractivity contribution in [3.63, 3.8) is 0 Å². The molecule has 1 saturated carbocycles. The molecule has 0 aromatic rings. The van der Waals surface area contributed by atoms with Crippen LogP contribution >= 0.6 is 0 Å². The highest BCUT2D eigenvalue weighted by Gasteiger charge is 2.23. The zero-order valence-corrected chi connectivity index (χ0v) is 11.8. The minimum Gasteiger partial charge on any atom is -0.353 e. The molecule has 0 heterocycles. The number of carbonyl (C=O) groups is 1. The number of carbonyl (C=O) groups excluding carboxylic acids is 1. The summed E-state index contributed by atoms with van der Waals surface area (Å²) in [7, 11) is 0. The van der Waals surface area contributed by atoms with Gasteiger partial charge in [0, 0.05) is 12.1 Å². The van der Waals surface area contributed by atoms with Crippen LogP contribution in [-0.4, -0.2) is 24.0 Å². The molecular formula is C14H28N2O. The lowest BCUT2D eigenvalue weighted by atomic mass is 9.84. The fourth-order valence-electron chi connectivity index (χ4n) is 2.65. The van der Waals surface area contributed by atoms with E-state index in [2.05, 4.69) is 17.6 Å². The molecule has 1 aliphatic rings. The van der Waals surface area contributed by atoms with Gasteiger partial charge in [-0.2, -0.15) is 0 Å². The van der Waals surface area contributed by atoms with Gasteiger partial charge in [-0.15, -0.1) is 0 Å². The third-order valence-corrected chi connectivity index (χ3v) is 3.69. The lowest BCUT2D eigenvalue weighted by molar-refractivity contribution is -0.123. The lowest BCUT2D eigenvalue weighted by Gasteiger charge is -2.30. The Balaban J connectivity index is 2.33. The molecule has 0 radical (unpaired) electrons. The molecule has 2 atom stereocenters. The topological polar surface area (TPSA) is 41.1 Å². The Bertz CT molecular complexity index is 234. The number of hydrogen-bond donors (Lipinski definition) is 2. The van der Waals surface area contributed by atoms with E-state index < -0.39 is 0 Å². The van der Waals surface area contributed by atoms with Crippen LogP contribution in [0.2, 0.25) is 0 Å². The average molecular weight is 240 g/mol. The molecule has 1 rings (SSSR count). The largest absolute Gasteiger partial charge is 0.353 e. The molecule has 2 N–H and O–H groups in total. The minimum atomic E-state index is -0.0886. The highest BCUT2D eigenvalue weighted by Crippen LogP contribution is 2.26. The van der Waals surface area contributed by atoms with Crippen LogP contribution < -0.4 is 10.6 Å². The van der Waals surface area contributed by atoms with Crippen molar-refractivity contribution in [1.82, 2.24) is 10.6 Å². The molecule has 0 spiro atoms. The molecule has 0 aromatic heterocycles. The van der Waals surface area contributed by atoms with E-state index in [1.165, 1.54) is 32.1 Å². The lowest BCUT2D eigenvalue weighted by Crippen LogP contribution is -2.49. The molecule has 100 valence electrons. The molecule has 3 heteroatoms. The van der Waals surface area contributed by atoms with Gasteiger partial charge >= 0.3 is 0 Å². The summed E-state index contributed by atoms with van der Waals surface area (Å²) in [6, 6.07) is 0.578. The summed E-state index contributed by atoms with van der Waals surface area (Å²) in [5.41, 5.74) is 0. The van der Waals surface area contributed by atoms with Crippen LogP contribution in [0.25, 0.3) is 0 Å². The molecule has 0 saturated heterocycles. The van der Waals surface area contributed by atoms with E-state index in [4.69, 9.17) is 0 Å². The van der Waals surface area contributed by atoms with Gasteiger partial charge in [0.1, 0.15) is 0 Å². The first-order valence-corrected chi connectivity index (χ1v) is 7.07. The smallest absolute Gasteiger partial charge is 0.237 e. The zero-order chi connectivity index (χ0) is 12.8. The van der Waals surface area contributed by atoms with Crippen LogP contribution in [0.4, 0.5) is 0 Å². The van der Waals surface area contributed by atoms with Gasteiger partial charge in [-0.3, -0.25) is 4.79 Å². The third-order valence-electron chi connectivity index (χ3n) is 3.69. The van der Waals surface area contributed by atoms with Crippen molar-refractivity contribution in [2.45, 2.75) is 77.9 Å². The van der Waals surface area contributed by atoms with Crippen molar-refractivity contribution < 1.29 is 4.79 Å². The SMILES string of the molecule is CC(C)NC(=O)C(C)N[C@@H](C)C1CCCCC1. The Morgan fingerprint density at radius 2 is 1.65 bits per heavy atom. The summed E-state index contributed by atoms with van der Waals surface area (Å²) < 4.78 is 0. The Hall–Kier alpha value is -0.570. The molecule has 17 heavy (non-hydrogen) atoms. The molecule has 1 aliphatic carbocycles. The van der Waals surface area contributed by atoms with E-state index in [1.54, 1.807) is 0 Å².